The topological polar surface area (TPSA) is 35.6 Å². The minimum absolute atomic E-state index is 0.00855. The lowest BCUT2D eigenvalue weighted by Crippen LogP contribution is -2.47. The molecule has 1 saturated heterocycles. The van der Waals surface area contributed by atoms with E-state index in [1.54, 1.807) is 11.3 Å². The van der Waals surface area contributed by atoms with Gasteiger partial charge in [0.1, 0.15) is 0 Å². The molecule has 1 atom stereocenters. The molecule has 2 heterocycles. The van der Waals surface area contributed by atoms with Crippen molar-refractivity contribution in [1.29, 1.82) is 0 Å². The Bertz CT molecular complexity index is 606. The van der Waals surface area contributed by atoms with Crippen LogP contribution in [0.2, 0.25) is 0 Å². The van der Waals surface area contributed by atoms with E-state index in [1.165, 1.54) is 0 Å². The first kappa shape index (κ1) is 16.2. The lowest BCUT2D eigenvalue weighted by molar-refractivity contribution is 0.0907. The molecule has 5 heteroatoms. The molecule has 3 rings (SSSR count). The number of hydrogen-bond donors (Lipinski definition) is 1. The molecule has 23 heavy (non-hydrogen) atoms. The molecule has 1 N–H and O–H groups in total. The van der Waals surface area contributed by atoms with Gasteiger partial charge in [-0.1, -0.05) is 30.3 Å². The molecule has 2 aromatic rings. The van der Waals surface area contributed by atoms with E-state index in [1.807, 2.05) is 35.0 Å². The van der Waals surface area contributed by atoms with Gasteiger partial charge in [-0.15, -0.1) is 0 Å². The zero-order valence-electron chi connectivity index (χ0n) is 13.4. The Morgan fingerprint density at radius 2 is 1.91 bits per heavy atom. The lowest BCUT2D eigenvalue weighted by atomic mass is 10.1. The summed E-state index contributed by atoms with van der Waals surface area (Å²) >= 11 is 1.55. The average molecular weight is 329 g/mol. The first-order valence-electron chi connectivity index (χ1n) is 8.01. The predicted molar refractivity (Wildman–Crippen MR) is 94.9 cm³/mol. The number of benzene rings is 1. The van der Waals surface area contributed by atoms with Gasteiger partial charge in [0.2, 0.25) is 0 Å². The highest BCUT2D eigenvalue weighted by molar-refractivity contribution is 7.08. The Morgan fingerprint density at radius 3 is 2.57 bits per heavy atom. The molecule has 0 aliphatic carbocycles. The van der Waals surface area contributed by atoms with Crippen LogP contribution in [0, 0.1) is 0 Å². The maximum Gasteiger partial charge on any atom is 0.252 e. The Labute approximate surface area is 141 Å². The predicted octanol–water partition coefficient (Wildman–Crippen LogP) is 2.47. The number of thiophene rings is 1. The van der Waals surface area contributed by atoms with Crippen LogP contribution in [-0.2, 0) is 0 Å². The second-order valence-corrected chi connectivity index (χ2v) is 6.83. The van der Waals surface area contributed by atoms with Gasteiger partial charge in [-0.25, -0.2) is 0 Å². The van der Waals surface area contributed by atoms with E-state index >= 15 is 0 Å². The highest BCUT2D eigenvalue weighted by atomic mass is 32.1. The van der Waals surface area contributed by atoms with Gasteiger partial charge in [-0.2, -0.15) is 11.3 Å². The van der Waals surface area contributed by atoms with Crippen LogP contribution in [0.3, 0.4) is 0 Å². The summed E-state index contributed by atoms with van der Waals surface area (Å²) in [7, 11) is 2.16. The molecular formula is C18H23N3OS. The van der Waals surface area contributed by atoms with E-state index in [-0.39, 0.29) is 11.9 Å². The largest absolute Gasteiger partial charge is 0.344 e. The van der Waals surface area contributed by atoms with E-state index in [0.717, 1.165) is 43.9 Å². The summed E-state index contributed by atoms with van der Waals surface area (Å²) in [5.41, 5.74) is 1.91. The number of carbonyl (C=O) groups excluding carboxylic acids is 1. The van der Waals surface area contributed by atoms with Gasteiger partial charge in [0, 0.05) is 38.1 Å². The molecule has 0 spiro atoms. The molecule has 122 valence electrons. The molecule has 1 aromatic heterocycles. The first-order chi connectivity index (χ1) is 11.2. The van der Waals surface area contributed by atoms with Crippen LogP contribution in [0.1, 0.15) is 22.0 Å². The van der Waals surface area contributed by atoms with Crippen LogP contribution in [0.25, 0.3) is 0 Å². The number of rotatable bonds is 5. The van der Waals surface area contributed by atoms with Crippen molar-refractivity contribution in [2.75, 3.05) is 39.8 Å². The van der Waals surface area contributed by atoms with E-state index in [4.69, 9.17) is 0 Å². The van der Waals surface area contributed by atoms with E-state index in [9.17, 15) is 4.79 Å². The highest BCUT2D eigenvalue weighted by Gasteiger charge is 2.21. The van der Waals surface area contributed by atoms with Gasteiger partial charge in [0.15, 0.2) is 0 Å². The molecule has 1 aliphatic rings. The second kappa shape index (κ2) is 7.73. The number of piperazine rings is 1. The van der Waals surface area contributed by atoms with E-state index in [0.29, 0.717) is 0 Å². The molecule has 1 fully saturated rings. The van der Waals surface area contributed by atoms with Crippen molar-refractivity contribution in [2.45, 2.75) is 6.04 Å². The smallest absolute Gasteiger partial charge is 0.252 e. The third-order valence-electron chi connectivity index (χ3n) is 4.33. The average Bonchev–Trinajstić information content (AvgIpc) is 3.12. The second-order valence-electron chi connectivity index (χ2n) is 6.05. The summed E-state index contributed by atoms with van der Waals surface area (Å²) in [4.78, 5) is 17.2. The molecule has 4 nitrogen and oxygen atoms in total. The fraction of sp³-hybridized carbons (Fsp3) is 0.389. The summed E-state index contributed by atoms with van der Waals surface area (Å²) < 4.78 is 0. The number of nitrogens with one attached hydrogen (secondary N) is 1. The van der Waals surface area contributed by atoms with Crippen molar-refractivity contribution in [3.05, 3.63) is 58.3 Å². The van der Waals surface area contributed by atoms with Gasteiger partial charge in [0.25, 0.3) is 5.91 Å². The minimum Gasteiger partial charge on any atom is -0.344 e. The van der Waals surface area contributed by atoms with Crippen LogP contribution in [-0.4, -0.2) is 55.5 Å². The molecule has 0 radical (unpaired) electrons. The van der Waals surface area contributed by atoms with Crippen LogP contribution in [0.4, 0.5) is 0 Å². The van der Waals surface area contributed by atoms with Crippen LogP contribution in [0.15, 0.2) is 47.2 Å². The Hall–Kier alpha value is -1.69. The van der Waals surface area contributed by atoms with Crippen molar-refractivity contribution in [3.8, 4) is 0 Å². The standard InChI is InChI=1S/C18H23N3OS/c1-20-8-10-21(11-9-20)13-17(15-5-3-2-4-6-15)19-18(22)16-7-12-23-14-16/h2-7,12,14,17H,8-11,13H2,1H3,(H,19,22)/t17-/m1/s1. The summed E-state index contributed by atoms with van der Waals surface area (Å²) in [6.07, 6.45) is 0. The molecule has 0 saturated carbocycles. The van der Waals surface area contributed by atoms with Gasteiger partial charge in [-0.3, -0.25) is 9.69 Å². The van der Waals surface area contributed by atoms with Gasteiger partial charge in [0.05, 0.1) is 11.6 Å². The zero-order valence-corrected chi connectivity index (χ0v) is 14.3. The van der Waals surface area contributed by atoms with Crippen molar-refractivity contribution in [3.63, 3.8) is 0 Å². The van der Waals surface area contributed by atoms with Crippen molar-refractivity contribution < 1.29 is 4.79 Å². The minimum atomic E-state index is 0.00855. The SMILES string of the molecule is CN1CCN(C[C@@H](NC(=O)c2ccsc2)c2ccccc2)CC1. The Morgan fingerprint density at radius 1 is 1.17 bits per heavy atom. The van der Waals surface area contributed by atoms with E-state index in [2.05, 4.69) is 34.3 Å². The summed E-state index contributed by atoms with van der Waals surface area (Å²) in [5.74, 6) is 0.00855. The van der Waals surface area contributed by atoms with Gasteiger partial charge >= 0.3 is 0 Å². The van der Waals surface area contributed by atoms with Crippen molar-refractivity contribution >= 4 is 17.2 Å². The number of hydrogen-bond acceptors (Lipinski definition) is 4. The number of amides is 1. The zero-order chi connectivity index (χ0) is 16.1. The first-order valence-corrected chi connectivity index (χ1v) is 8.95. The quantitative estimate of drug-likeness (QED) is 0.915. The fourth-order valence-electron chi connectivity index (χ4n) is 2.84. The molecule has 0 bridgehead atoms. The Balaban J connectivity index is 1.70. The van der Waals surface area contributed by atoms with Crippen LogP contribution >= 0.6 is 11.3 Å². The maximum atomic E-state index is 12.5. The van der Waals surface area contributed by atoms with Crippen molar-refractivity contribution in [2.24, 2.45) is 0 Å². The molecular weight excluding hydrogens is 306 g/mol. The molecule has 0 unspecified atom stereocenters. The lowest BCUT2D eigenvalue weighted by Gasteiger charge is -2.35. The molecule has 1 aromatic carbocycles. The van der Waals surface area contributed by atoms with Crippen LogP contribution < -0.4 is 5.32 Å². The number of nitrogens with zero attached hydrogens (tertiary/aromatic N) is 2. The maximum absolute atomic E-state index is 12.5. The number of likely N-dealkylation sites (N-methyl/N-ethyl adjacent to an activating group) is 1. The highest BCUT2D eigenvalue weighted by Crippen LogP contribution is 2.17. The van der Waals surface area contributed by atoms with Crippen LogP contribution in [0.5, 0.6) is 0 Å². The molecule has 1 amide bonds. The van der Waals surface area contributed by atoms with Crippen molar-refractivity contribution in [1.82, 2.24) is 15.1 Å². The summed E-state index contributed by atoms with van der Waals surface area (Å²) in [6.45, 7) is 5.12. The normalized spacial score (nSPS) is 17.8. The van der Waals surface area contributed by atoms with Gasteiger partial charge < -0.3 is 10.2 Å². The Kier molecular flexibility index (Phi) is 5.43. The summed E-state index contributed by atoms with van der Waals surface area (Å²) in [5, 5.41) is 7.04. The monoisotopic (exact) mass is 329 g/mol. The summed E-state index contributed by atoms with van der Waals surface area (Å²) in [6, 6.07) is 12.1. The third-order valence-corrected chi connectivity index (χ3v) is 5.01. The fourth-order valence-corrected chi connectivity index (χ4v) is 3.48. The van der Waals surface area contributed by atoms with E-state index < -0.39 is 0 Å². The number of carbonyl (C=O) groups is 1. The third kappa shape index (κ3) is 4.41. The van der Waals surface area contributed by atoms with Gasteiger partial charge in [-0.05, 0) is 24.1 Å². The molecule has 1 aliphatic heterocycles.